The predicted octanol–water partition coefficient (Wildman–Crippen LogP) is 3.76. The van der Waals surface area contributed by atoms with Gasteiger partial charge in [0.05, 0.1) is 13.7 Å². The molecule has 1 saturated carbocycles. The van der Waals surface area contributed by atoms with Gasteiger partial charge in [-0.25, -0.2) is 0 Å². The Morgan fingerprint density at radius 1 is 1.20 bits per heavy atom. The lowest BCUT2D eigenvalue weighted by atomic mass is 9.67. The van der Waals surface area contributed by atoms with E-state index in [1.54, 1.807) is 7.11 Å². The molecule has 1 N–H and O–H groups in total. The van der Waals surface area contributed by atoms with Gasteiger partial charge in [-0.15, -0.1) is 0 Å². The molecule has 0 unspecified atom stereocenters. The third-order valence-corrected chi connectivity index (χ3v) is 4.52. The summed E-state index contributed by atoms with van der Waals surface area (Å²) in [6, 6.07) is 6.18. The van der Waals surface area contributed by atoms with E-state index in [2.05, 4.69) is 24.4 Å². The van der Waals surface area contributed by atoms with Gasteiger partial charge in [0.15, 0.2) is 11.5 Å². The van der Waals surface area contributed by atoms with E-state index in [0.717, 1.165) is 24.6 Å². The lowest BCUT2D eigenvalue weighted by Gasteiger charge is -2.41. The highest BCUT2D eigenvalue weighted by Crippen LogP contribution is 2.43. The van der Waals surface area contributed by atoms with E-state index in [4.69, 9.17) is 9.47 Å². The molecule has 1 aromatic carbocycles. The maximum Gasteiger partial charge on any atom is 0.161 e. The van der Waals surface area contributed by atoms with Crippen molar-refractivity contribution in [1.29, 1.82) is 0 Å². The molecule has 0 aliphatic heterocycles. The van der Waals surface area contributed by atoms with Crippen LogP contribution in [0.1, 0.15) is 45.1 Å². The predicted molar refractivity (Wildman–Crippen MR) is 82.4 cm³/mol. The van der Waals surface area contributed by atoms with Crippen LogP contribution in [0.2, 0.25) is 0 Å². The zero-order valence-electron chi connectivity index (χ0n) is 13.0. The normalized spacial score (nSPS) is 16.6. The molecule has 0 radical (unpaired) electrons. The number of rotatable bonds is 8. The van der Waals surface area contributed by atoms with Gasteiger partial charge >= 0.3 is 0 Å². The minimum absolute atomic E-state index is 0.565. The molecule has 1 fully saturated rings. The molecule has 0 atom stereocenters. The average Bonchev–Trinajstić information content (AvgIpc) is 2.43. The molecule has 1 aliphatic carbocycles. The van der Waals surface area contributed by atoms with Crippen molar-refractivity contribution in [1.82, 2.24) is 5.32 Å². The van der Waals surface area contributed by atoms with Crippen LogP contribution in [0.4, 0.5) is 0 Å². The van der Waals surface area contributed by atoms with E-state index in [-0.39, 0.29) is 0 Å². The maximum atomic E-state index is 5.54. The van der Waals surface area contributed by atoms with Crippen molar-refractivity contribution in [2.75, 3.05) is 20.3 Å². The molecule has 112 valence electrons. The molecule has 20 heavy (non-hydrogen) atoms. The van der Waals surface area contributed by atoms with Gasteiger partial charge in [0.1, 0.15) is 0 Å². The third kappa shape index (κ3) is 3.45. The van der Waals surface area contributed by atoms with E-state index >= 15 is 0 Å². The molecular formula is C17H27NO2. The number of ether oxygens (including phenoxy) is 2. The number of methoxy groups -OCH3 is 1. The number of hydrogen-bond donors (Lipinski definition) is 1. The molecule has 0 bridgehead atoms. The first-order valence-corrected chi connectivity index (χ1v) is 7.73. The Kier molecular flexibility index (Phi) is 5.30. The summed E-state index contributed by atoms with van der Waals surface area (Å²) in [6.07, 6.45) is 5.44. The van der Waals surface area contributed by atoms with Crippen LogP contribution in [-0.2, 0) is 6.54 Å². The van der Waals surface area contributed by atoms with Crippen LogP contribution in [0.15, 0.2) is 18.2 Å². The lowest BCUT2D eigenvalue weighted by Crippen LogP contribution is -2.39. The van der Waals surface area contributed by atoms with Crippen LogP contribution < -0.4 is 14.8 Å². The number of nitrogens with one attached hydrogen (secondary N) is 1. The summed E-state index contributed by atoms with van der Waals surface area (Å²) in [5.74, 6) is 1.64. The smallest absolute Gasteiger partial charge is 0.161 e. The number of hydrogen-bond acceptors (Lipinski definition) is 3. The van der Waals surface area contributed by atoms with Gasteiger partial charge in [-0.1, -0.05) is 19.4 Å². The van der Waals surface area contributed by atoms with E-state index in [1.807, 2.05) is 13.0 Å². The highest BCUT2D eigenvalue weighted by atomic mass is 16.5. The molecule has 0 heterocycles. The van der Waals surface area contributed by atoms with Crippen LogP contribution >= 0.6 is 0 Å². The standard InChI is InChI=1S/C17H27NO2/c1-4-17(9-6-10-17)13-18-12-14-7-8-15(20-5-2)16(11-14)19-3/h7-8,11,18H,4-6,9-10,12-13H2,1-3H3. The molecule has 3 nitrogen and oxygen atoms in total. The van der Waals surface area contributed by atoms with E-state index < -0.39 is 0 Å². The van der Waals surface area contributed by atoms with E-state index in [1.165, 1.54) is 31.2 Å². The van der Waals surface area contributed by atoms with Crippen molar-refractivity contribution in [2.24, 2.45) is 5.41 Å². The van der Waals surface area contributed by atoms with Gasteiger partial charge in [-0.05, 0) is 49.3 Å². The molecule has 3 heteroatoms. The summed E-state index contributed by atoms with van der Waals surface area (Å²) in [5, 5.41) is 3.60. The van der Waals surface area contributed by atoms with Gasteiger partial charge in [0, 0.05) is 13.1 Å². The summed E-state index contributed by atoms with van der Waals surface area (Å²) < 4.78 is 10.9. The third-order valence-electron chi connectivity index (χ3n) is 4.52. The summed E-state index contributed by atoms with van der Waals surface area (Å²) in [5.41, 5.74) is 1.81. The van der Waals surface area contributed by atoms with Crippen molar-refractivity contribution < 1.29 is 9.47 Å². The molecule has 2 rings (SSSR count). The topological polar surface area (TPSA) is 30.5 Å². The SMILES string of the molecule is CCOc1ccc(CNCC2(CC)CCC2)cc1OC. The van der Waals surface area contributed by atoms with Crippen LogP contribution in [0.3, 0.4) is 0 Å². The van der Waals surface area contributed by atoms with Crippen molar-refractivity contribution in [3.63, 3.8) is 0 Å². The largest absolute Gasteiger partial charge is 0.493 e. The van der Waals surface area contributed by atoms with Gasteiger partial charge in [0.25, 0.3) is 0 Å². The fourth-order valence-corrected chi connectivity index (χ4v) is 2.90. The quantitative estimate of drug-likeness (QED) is 0.784. The van der Waals surface area contributed by atoms with E-state index in [0.29, 0.717) is 12.0 Å². The molecule has 0 aromatic heterocycles. The van der Waals surface area contributed by atoms with Crippen LogP contribution in [-0.4, -0.2) is 20.3 Å². The molecule has 0 saturated heterocycles. The zero-order chi connectivity index (χ0) is 14.4. The summed E-state index contributed by atoms with van der Waals surface area (Å²) in [4.78, 5) is 0. The Bertz CT molecular complexity index is 421. The highest BCUT2D eigenvalue weighted by molar-refractivity contribution is 5.42. The fraction of sp³-hybridized carbons (Fsp3) is 0.647. The van der Waals surface area contributed by atoms with Gasteiger partial charge in [0.2, 0.25) is 0 Å². The van der Waals surface area contributed by atoms with Crippen LogP contribution in [0.25, 0.3) is 0 Å². The average molecular weight is 277 g/mol. The Labute approximate surface area is 122 Å². The van der Waals surface area contributed by atoms with Crippen molar-refractivity contribution in [2.45, 2.75) is 46.1 Å². The van der Waals surface area contributed by atoms with Crippen LogP contribution in [0.5, 0.6) is 11.5 Å². The Hall–Kier alpha value is -1.22. The summed E-state index contributed by atoms with van der Waals surface area (Å²) in [7, 11) is 1.69. The van der Waals surface area contributed by atoms with Crippen molar-refractivity contribution in [3.8, 4) is 11.5 Å². The van der Waals surface area contributed by atoms with Crippen molar-refractivity contribution in [3.05, 3.63) is 23.8 Å². The fourth-order valence-electron chi connectivity index (χ4n) is 2.90. The van der Waals surface area contributed by atoms with Gasteiger partial charge in [-0.3, -0.25) is 0 Å². The second kappa shape index (κ2) is 6.98. The molecular weight excluding hydrogens is 250 g/mol. The monoisotopic (exact) mass is 277 g/mol. The molecule has 1 aliphatic rings. The van der Waals surface area contributed by atoms with E-state index in [9.17, 15) is 0 Å². The summed E-state index contributed by atoms with van der Waals surface area (Å²) in [6.45, 7) is 6.97. The second-order valence-electron chi connectivity index (χ2n) is 5.73. The lowest BCUT2D eigenvalue weighted by molar-refractivity contribution is 0.124. The van der Waals surface area contributed by atoms with Gasteiger partial charge in [-0.2, -0.15) is 0 Å². The summed E-state index contributed by atoms with van der Waals surface area (Å²) >= 11 is 0. The minimum atomic E-state index is 0.565. The second-order valence-corrected chi connectivity index (χ2v) is 5.73. The zero-order valence-corrected chi connectivity index (χ0v) is 13.0. The highest BCUT2D eigenvalue weighted by Gasteiger charge is 2.34. The van der Waals surface area contributed by atoms with Gasteiger partial charge < -0.3 is 14.8 Å². The molecule has 0 spiro atoms. The first-order chi connectivity index (χ1) is 9.73. The Morgan fingerprint density at radius 3 is 2.55 bits per heavy atom. The molecule has 0 amide bonds. The minimum Gasteiger partial charge on any atom is -0.493 e. The maximum absolute atomic E-state index is 5.54. The molecule has 1 aromatic rings. The first kappa shape index (κ1) is 15.2. The first-order valence-electron chi connectivity index (χ1n) is 7.73. The Morgan fingerprint density at radius 2 is 2.00 bits per heavy atom. The Balaban J connectivity index is 1.89. The number of benzene rings is 1. The van der Waals surface area contributed by atoms with Crippen LogP contribution in [0, 0.1) is 5.41 Å². The van der Waals surface area contributed by atoms with Crippen molar-refractivity contribution >= 4 is 0 Å².